The van der Waals surface area contributed by atoms with Crippen LogP contribution in [0.4, 0.5) is 0 Å². The van der Waals surface area contributed by atoms with Crippen molar-refractivity contribution in [2.24, 2.45) is 0 Å². The van der Waals surface area contributed by atoms with E-state index in [0.29, 0.717) is 5.56 Å². The van der Waals surface area contributed by atoms with Crippen LogP contribution in [0.3, 0.4) is 0 Å². The van der Waals surface area contributed by atoms with Gasteiger partial charge in [-0.1, -0.05) is 71.9 Å². The Balaban J connectivity index is 2.07. The molecule has 2 aromatic rings. The van der Waals surface area contributed by atoms with Crippen molar-refractivity contribution in [1.29, 1.82) is 0 Å². The lowest BCUT2D eigenvalue weighted by atomic mass is 9.73. The van der Waals surface area contributed by atoms with Crippen LogP contribution in [0.1, 0.15) is 73.4 Å². The Morgan fingerprint density at radius 3 is 1.79 bits per heavy atom. The Labute approximate surface area is 165 Å². The first-order valence-corrected chi connectivity index (χ1v) is 8.97. The highest BCUT2D eigenvalue weighted by atomic mass is 17.7. The van der Waals surface area contributed by atoms with Gasteiger partial charge in [0.2, 0.25) is 0 Å². The van der Waals surface area contributed by atoms with Crippen molar-refractivity contribution >= 4 is 11.9 Å². The Morgan fingerprint density at radius 1 is 0.679 bits per heavy atom. The molecule has 0 amide bonds. The van der Waals surface area contributed by atoms with Crippen molar-refractivity contribution in [2.75, 3.05) is 0 Å². The standard InChI is InChI=1S/C22H26O6/c1-21(2,3)17-14-10-13-16(18(17)22(4,5)6)20(24)26-28-27-25-19(23)15-11-8-7-9-12-15/h7-14H,1-6H3. The first-order valence-electron chi connectivity index (χ1n) is 8.97. The first-order chi connectivity index (χ1) is 13.0. The zero-order valence-electron chi connectivity index (χ0n) is 17.1. The number of hydrogen-bond acceptors (Lipinski definition) is 6. The van der Waals surface area contributed by atoms with Gasteiger partial charge in [0.25, 0.3) is 0 Å². The van der Waals surface area contributed by atoms with Gasteiger partial charge in [-0.05, 0) is 40.2 Å². The summed E-state index contributed by atoms with van der Waals surface area (Å²) in [5, 5.41) is 8.61. The molecule has 0 aliphatic heterocycles. The van der Waals surface area contributed by atoms with Gasteiger partial charge in [0.15, 0.2) is 0 Å². The highest BCUT2D eigenvalue weighted by Crippen LogP contribution is 2.36. The minimum absolute atomic E-state index is 0.165. The van der Waals surface area contributed by atoms with Crippen LogP contribution in [0, 0.1) is 0 Å². The quantitative estimate of drug-likeness (QED) is 0.406. The minimum atomic E-state index is -0.776. The largest absolute Gasteiger partial charge is 0.376 e. The molecule has 0 saturated heterocycles. The van der Waals surface area contributed by atoms with Crippen LogP contribution in [0.5, 0.6) is 0 Å². The average molecular weight is 386 g/mol. The highest BCUT2D eigenvalue weighted by Gasteiger charge is 2.30. The van der Waals surface area contributed by atoms with E-state index in [9.17, 15) is 9.59 Å². The Hall–Kier alpha value is -2.70. The summed E-state index contributed by atoms with van der Waals surface area (Å²) >= 11 is 0. The van der Waals surface area contributed by atoms with E-state index in [1.54, 1.807) is 42.5 Å². The zero-order chi connectivity index (χ0) is 20.9. The lowest BCUT2D eigenvalue weighted by molar-refractivity contribution is -0.595. The topological polar surface area (TPSA) is 71.1 Å². The average Bonchev–Trinajstić information content (AvgIpc) is 2.63. The smallest absolute Gasteiger partial charge is 0.260 e. The number of hydrogen-bond donors (Lipinski definition) is 0. The Bertz CT molecular complexity index is 828. The van der Waals surface area contributed by atoms with Crippen LogP contribution in [-0.4, -0.2) is 11.9 Å². The van der Waals surface area contributed by atoms with E-state index in [2.05, 4.69) is 40.6 Å². The van der Waals surface area contributed by atoms with Crippen LogP contribution < -0.4 is 0 Å². The molecular weight excluding hydrogens is 360 g/mol. The van der Waals surface area contributed by atoms with Crippen LogP contribution in [0.2, 0.25) is 0 Å². The second kappa shape index (κ2) is 8.54. The van der Waals surface area contributed by atoms with E-state index >= 15 is 0 Å². The summed E-state index contributed by atoms with van der Waals surface area (Å²) in [6.45, 7) is 12.3. The van der Waals surface area contributed by atoms with E-state index in [1.807, 2.05) is 26.8 Å². The van der Waals surface area contributed by atoms with Crippen LogP contribution >= 0.6 is 0 Å². The minimum Gasteiger partial charge on any atom is -0.260 e. The summed E-state index contributed by atoms with van der Waals surface area (Å²) < 4.78 is 0. The van der Waals surface area contributed by atoms with E-state index < -0.39 is 11.9 Å². The van der Waals surface area contributed by atoms with Gasteiger partial charge in [-0.25, -0.2) is 9.59 Å². The molecule has 2 aromatic carbocycles. The Morgan fingerprint density at radius 2 is 1.25 bits per heavy atom. The zero-order valence-corrected chi connectivity index (χ0v) is 17.1. The molecule has 6 heteroatoms. The first kappa shape index (κ1) is 21.6. The molecule has 0 heterocycles. The van der Waals surface area contributed by atoms with Crippen LogP contribution in [0.15, 0.2) is 48.5 Å². The molecule has 0 unspecified atom stereocenters. The molecule has 0 fully saturated rings. The predicted octanol–water partition coefficient (Wildman–Crippen LogP) is 5.07. The molecule has 0 N–H and O–H groups in total. The molecule has 0 aliphatic carbocycles. The number of carbonyl (C=O) groups is 2. The third-order valence-electron chi connectivity index (χ3n) is 4.10. The Kier molecular flexibility index (Phi) is 6.59. The maximum absolute atomic E-state index is 12.5. The number of rotatable bonds is 5. The molecule has 0 saturated carbocycles. The van der Waals surface area contributed by atoms with Gasteiger partial charge < -0.3 is 0 Å². The van der Waals surface area contributed by atoms with Gasteiger partial charge in [0.05, 0.1) is 11.1 Å². The molecule has 28 heavy (non-hydrogen) atoms. The predicted molar refractivity (Wildman–Crippen MR) is 103 cm³/mol. The summed E-state index contributed by atoms with van der Waals surface area (Å²) in [6, 6.07) is 13.7. The third-order valence-corrected chi connectivity index (χ3v) is 4.10. The summed E-state index contributed by atoms with van der Waals surface area (Å²) in [5.74, 6) is -1.52. The van der Waals surface area contributed by atoms with Crippen molar-refractivity contribution in [3.63, 3.8) is 0 Å². The molecule has 0 bridgehead atoms. The molecule has 0 atom stereocenters. The summed E-state index contributed by atoms with van der Waals surface area (Å²) in [7, 11) is 0. The molecule has 150 valence electrons. The van der Waals surface area contributed by atoms with Crippen molar-refractivity contribution < 1.29 is 29.4 Å². The van der Waals surface area contributed by atoms with Crippen molar-refractivity contribution in [1.82, 2.24) is 0 Å². The van der Waals surface area contributed by atoms with Crippen LogP contribution in [0.25, 0.3) is 0 Å². The number of benzene rings is 2. The van der Waals surface area contributed by atoms with Crippen molar-refractivity contribution in [2.45, 2.75) is 52.4 Å². The fraction of sp³-hybridized carbons (Fsp3) is 0.364. The van der Waals surface area contributed by atoms with Crippen LogP contribution in [-0.2, 0) is 30.7 Å². The molecule has 0 spiro atoms. The maximum Gasteiger partial charge on any atom is 0.376 e. The second-order valence-corrected chi connectivity index (χ2v) is 8.47. The summed E-state index contributed by atoms with van der Waals surface area (Å²) in [5.41, 5.74) is 2.05. The fourth-order valence-electron chi connectivity index (χ4n) is 2.91. The maximum atomic E-state index is 12.5. The third kappa shape index (κ3) is 5.41. The molecular formula is C22H26O6. The molecule has 2 rings (SSSR count). The van der Waals surface area contributed by atoms with Gasteiger partial charge in [0.1, 0.15) is 0 Å². The second-order valence-electron chi connectivity index (χ2n) is 8.47. The fourth-order valence-corrected chi connectivity index (χ4v) is 2.91. The van der Waals surface area contributed by atoms with E-state index in [0.717, 1.165) is 11.1 Å². The van der Waals surface area contributed by atoms with Gasteiger partial charge >= 0.3 is 11.9 Å². The van der Waals surface area contributed by atoms with E-state index in [4.69, 9.17) is 0 Å². The highest BCUT2D eigenvalue weighted by molar-refractivity contribution is 5.91. The van der Waals surface area contributed by atoms with Gasteiger partial charge in [0, 0.05) is 10.1 Å². The monoisotopic (exact) mass is 386 g/mol. The SMILES string of the molecule is CC(C)(C)c1cccc(C(=O)OOOOC(=O)c2ccccc2)c1C(C)(C)C. The molecule has 0 aromatic heterocycles. The van der Waals surface area contributed by atoms with Crippen molar-refractivity contribution in [3.8, 4) is 0 Å². The lowest BCUT2D eigenvalue weighted by Crippen LogP contribution is -2.26. The molecule has 0 aliphatic rings. The van der Waals surface area contributed by atoms with Crippen molar-refractivity contribution in [3.05, 3.63) is 70.8 Å². The van der Waals surface area contributed by atoms with Gasteiger partial charge in [-0.15, -0.1) is 0 Å². The van der Waals surface area contributed by atoms with E-state index in [1.165, 1.54) is 0 Å². The normalized spacial score (nSPS) is 11.8. The molecule has 0 radical (unpaired) electrons. The number of carbonyl (C=O) groups excluding carboxylic acids is 2. The summed E-state index contributed by atoms with van der Waals surface area (Å²) in [6.07, 6.45) is 0. The van der Waals surface area contributed by atoms with E-state index in [-0.39, 0.29) is 16.4 Å². The van der Waals surface area contributed by atoms with Gasteiger partial charge in [-0.2, -0.15) is 0 Å². The lowest BCUT2D eigenvalue weighted by Gasteiger charge is -2.31. The van der Waals surface area contributed by atoms with Gasteiger partial charge in [-0.3, -0.25) is 9.78 Å². The summed E-state index contributed by atoms with van der Waals surface area (Å²) in [4.78, 5) is 33.4. The molecule has 6 nitrogen and oxygen atoms in total.